The van der Waals surface area contributed by atoms with E-state index in [0.29, 0.717) is 16.3 Å². The number of carboxylic acids is 1. The third-order valence-electron chi connectivity index (χ3n) is 9.37. The molecule has 0 spiro atoms. The Morgan fingerprint density at radius 3 is 2.26 bits per heavy atom. The van der Waals surface area contributed by atoms with Crippen LogP contribution in [0.15, 0.2) is 60.8 Å². The lowest BCUT2D eigenvalue weighted by atomic mass is 9.82. The van der Waals surface area contributed by atoms with E-state index in [1.165, 1.54) is 4.90 Å². The number of benzene rings is 2. The van der Waals surface area contributed by atoms with Gasteiger partial charge in [0.2, 0.25) is 17.7 Å². The topological polar surface area (TPSA) is 231 Å². The molecule has 3 atom stereocenters. The highest BCUT2D eigenvalue weighted by atomic mass is 19.1. The van der Waals surface area contributed by atoms with Gasteiger partial charge >= 0.3 is 11.9 Å². The molecule has 1 aliphatic heterocycles. The summed E-state index contributed by atoms with van der Waals surface area (Å²) in [5.74, 6) is -7.54. The molecule has 1 aromatic heterocycles. The Hall–Kier alpha value is -6.01. The molecule has 58 heavy (non-hydrogen) atoms. The van der Waals surface area contributed by atoms with Crippen LogP contribution >= 0.6 is 0 Å². The number of rotatable bonds is 20. The van der Waals surface area contributed by atoms with Gasteiger partial charge in [-0.2, -0.15) is 0 Å². The van der Waals surface area contributed by atoms with Gasteiger partial charge in [-0.25, -0.2) is 13.6 Å². The number of primary amides is 1. The summed E-state index contributed by atoms with van der Waals surface area (Å²) in [5.41, 5.74) is 6.09. The van der Waals surface area contributed by atoms with Crippen LogP contribution in [0.2, 0.25) is 0 Å². The smallest absolute Gasteiger partial charge is 0.333 e. The van der Waals surface area contributed by atoms with E-state index in [9.17, 15) is 48.2 Å². The fraction of sp³-hybridized carbons (Fsp3) is 0.425. The Kier molecular flexibility index (Phi) is 15.3. The molecule has 0 saturated carbocycles. The molecule has 0 aliphatic carbocycles. The average Bonchev–Trinajstić information content (AvgIpc) is 3.71. The summed E-state index contributed by atoms with van der Waals surface area (Å²) < 4.78 is 31.3. The number of amides is 5. The van der Waals surface area contributed by atoms with Crippen LogP contribution < -0.4 is 16.4 Å². The molecule has 1 saturated heterocycles. The molecule has 1 fully saturated rings. The van der Waals surface area contributed by atoms with Gasteiger partial charge in [-0.3, -0.25) is 34.1 Å². The van der Waals surface area contributed by atoms with E-state index < -0.39 is 89.7 Å². The SMILES string of the molecule is CC(C)(C)[C@H](c1cc(-c2cc(F)ccc2F)cn1Cc1ccccc1)N(CC[C@H](N[C@@H](CC(N)=O)C(=O)O)C(=O)NCCCC(=O)ON1C(=O)CCC1=O)C(=O)CO. The minimum absolute atomic E-state index is 0.00890. The van der Waals surface area contributed by atoms with Crippen LogP contribution in [-0.2, 0) is 44.9 Å². The number of nitrogens with two attached hydrogens (primary N) is 1. The fourth-order valence-corrected chi connectivity index (χ4v) is 6.69. The number of aliphatic hydroxyl groups excluding tert-OH is 1. The normalized spacial score (nSPS) is 14.5. The van der Waals surface area contributed by atoms with Crippen LogP contribution in [0.1, 0.15) is 76.6 Å². The summed E-state index contributed by atoms with van der Waals surface area (Å²) in [6, 6.07) is 10.0. The van der Waals surface area contributed by atoms with Crippen molar-refractivity contribution in [3.63, 3.8) is 0 Å². The third kappa shape index (κ3) is 12.0. The zero-order valence-electron chi connectivity index (χ0n) is 32.4. The Morgan fingerprint density at radius 2 is 1.66 bits per heavy atom. The van der Waals surface area contributed by atoms with Crippen molar-refractivity contribution in [2.45, 2.75) is 84.0 Å². The maximum Gasteiger partial charge on any atom is 0.333 e. The summed E-state index contributed by atoms with van der Waals surface area (Å²) in [4.78, 5) is 93.2. The monoisotopic (exact) mass is 810 g/mol. The van der Waals surface area contributed by atoms with Crippen molar-refractivity contribution in [1.29, 1.82) is 0 Å². The largest absolute Gasteiger partial charge is 0.480 e. The Bertz CT molecular complexity index is 1980. The van der Waals surface area contributed by atoms with Gasteiger partial charge in [-0.1, -0.05) is 51.1 Å². The molecule has 0 bridgehead atoms. The van der Waals surface area contributed by atoms with Gasteiger partial charge < -0.3 is 35.6 Å². The molecular weight excluding hydrogens is 762 g/mol. The predicted molar refractivity (Wildman–Crippen MR) is 203 cm³/mol. The molecule has 5 amide bonds. The van der Waals surface area contributed by atoms with E-state index in [4.69, 9.17) is 10.6 Å². The van der Waals surface area contributed by atoms with Crippen molar-refractivity contribution in [3.05, 3.63) is 83.7 Å². The van der Waals surface area contributed by atoms with Crippen LogP contribution in [0.25, 0.3) is 11.1 Å². The van der Waals surface area contributed by atoms with E-state index >= 15 is 4.39 Å². The van der Waals surface area contributed by atoms with Crippen LogP contribution in [0.5, 0.6) is 0 Å². The van der Waals surface area contributed by atoms with Crippen molar-refractivity contribution in [2.75, 3.05) is 19.7 Å². The van der Waals surface area contributed by atoms with Crippen molar-refractivity contribution < 1.29 is 57.4 Å². The highest BCUT2D eigenvalue weighted by molar-refractivity contribution is 6.01. The molecule has 0 unspecified atom stereocenters. The Balaban J connectivity index is 1.65. The Morgan fingerprint density at radius 1 is 0.983 bits per heavy atom. The van der Waals surface area contributed by atoms with Crippen LogP contribution in [0.4, 0.5) is 8.78 Å². The number of hydroxylamine groups is 2. The summed E-state index contributed by atoms with van der Waals surface area (Å²) in [5, 5.41) is 25.7. The molecular formula is C40H48F2N6O10. The van der Waals surface area contributed by atoms with Gasteiger partial charge in [0.1, 0.15) is 24.3 Å². The van der Waals surface area contributed by atoms with Crippen molar-refractivity contribution in [3.8, 4) is 11.1 Å². The van der Waals surface area contributed by atoms with Crippen molar-refractivity contribution in [1.82, 2.24) is 25.2 Å². The second-order valence-electron chi connectivity index (χ2n) is 14.9. The molecule has 4 rings (SSSR count). The fourth-order valence-electron chi connectivity index (χ4n) is 6.69. The van der Waals surface area contributed by atoms with Gasteiger partial charge in [0.15, 0.2) is 0 Å². The van der Waals surface area contributed by atoms with E-state index in [1.807, 2.05) is 51.1 Å². The first-order chi connectivity index (χ1) is 27.4. The number of hydrogen-bond acceptors (Lipinski definition) is 10. The number of imide groups is 1. The van der Waals surface area contributed by atoms with E-state index in [-0.39, 0.29) is 57.3 Å². The molecule has 2 aromatic carbocycles. The van der Waals surface area contributed by atoms with Gasteiger partial charge in [-0.05, 0) is 48.1 Å². The predicted octanol–water partition coefficient (Wildman–Crippen LogP) is 2.57. The van der Waals surface area contributed by atoms with E-state index in [1.54, 1.807) is 16.8 Å². The quantitative estimate of drug-likeness (QED) is 0.0823. The molecule has 18 heteroatoms. The highest BCUT2D eigenvalue weighted by Crippen LogP contribution is 2.41. The van der Waals surface area contributed by atoms with Gasteiger partial charge in [0.05, 0.1) is 18.5 Å². The van der Waals surface area contributed by atoms with Crippen molar-refractivity contribution >= 4 is 41.5 Å². The zero-order chi connectivity index (χ0) is 42.7. The van der Waals surface area contributed by atoms with Crippen LogP contribution in [-0.4, -0.2) is 98.0 Å². The maximum absolute atomic E-state index is 15.1. The minimum Gasteiger partial charge on any atom is -0.480 e. The third-order valence-corrected chi connectivity index (χ3v) is 9.37. The number of aromatic nitrogens is 1. The number of aliphatic carboxylic acids is 1. The van der Waals surface area contributed by atoms with Crippen LogP contribution in [0.3, 0.4) is 0 Å². The first-order valence-corrected chi connectivity index (χ1v) is 18.6. The van der Waals surface area contributed by atoms with Gasteiger partial charge in [0, 0.05) is 61.9 Å². The van der Waals surface area contributed by atoms with E-state index in [2.05, 4.69) is 10.6 Å². The van der Waals surface area contributed by atoms with E-state index in [0.717, 1.165) is 23.8 Å². The summed E-state index contributed by atoms with van der Waals surface area (Å²) in [6.45, 7) is 4.37. The number of carbonyl (C=O) groups is 7. The standard InChI is InChI=1S/C40H48F2N6O10/c1-40(2,3)37(31-18-25(27-19-26(41)11-12-28(27)42)22-46(31)21-24-8-5-4-6-9-24)47(35(53)23-49)17-15-29(45-30(39(56)57)20-32(43)50)38(55)44-16-7-10-36(54)58-48-33(51)13-14-34(48)52/h4-6,8-9,11-12,18-19,22,29-30,37,45,49H,7,10,13-17,20-21,23H2,1-3H3,(H2,43,50)(H,44,55)(H,56,57)/t29-,30-,37-/m0/s1. The highest BCUT2D eigenvalue weighted by Gasteiger charge is 2.38. The second kappa shape index (κ2) is 19.9. The second-order valence-corrected chi connectivity index (χ2v) is 14.9. The first-order valence-electron chi connectivity index (χ1n) is 18.6. The number of nitrogens with zero attached hydrogens (tertiary/aromatic N) is 3. The van der Waals surface area contributed by atoms with Crippen LogP contribution in [0, 0.1) is 17.0 Å². The molecule has 6 N–H and O–H groups in total. The lowest BCUT2D eigenvalue weighted by molar-refractivity contribution is -0.197. The number of nitrogens with one attached hydrogen (secondary N) is 2. The first kappa shape index (κ1) is 44.7. The average molecular weight is 811 g/mol. The number of halogens is 2. The summed E-state index contributed by atoms with van der Waals surface area (Å²) in [6.07, 6.45) is 0.204. The summed E-state index contributed by atoms with van der Waals surface area (Å²) in [7, 11) is 0. The lowest BCUT2D eigenvalue weighted by Gasteiger charge is -2.41. The molecule has 312 valence electrons. The number of aliphatic hydroxyl groups is 1. The molecule has 2 heterocycles. The maximum atomic E-state index is 15.1. The lowest BCUT2D eigenvalue weighted by Crippen LogP contribution is -2.54. The zero-order valence-corrected chi connectivity index (χ0v) is 32.4. The molecule has 0 radical (unpaired) electrons. The number of carboxylic acid groups (broad SMARTS) is 1. The number of hydrogen-bond donors (Lipinski definition) is 5. The van der Waals surface area contributed by atoms with Gasteiger partial charge in [0.25, 0.3) is 11.8 Å². The molecule has 1 aliphatic rings. The molecule has 3 aromatic rings. The molecule has 16 nitrogen and oxygen atoms in total. The van der Waals surface area contributed by atoms with Crippen molar-refractivity contribution in [2.24, 2.45) is 11.1 Å². The van der Waals surface area contributed by atoms with Gasteiger partial charge in [-0.15, -0.1) is 5.06 Å². The minimum atomic E-state index is -1.62. The summed E-state index contributed by atoms with van der Waals surface area (Å²) >= 11 is 0. The Labute approximate surface area is 333 Å². The number of carbonyl (C=O) groups excluding carboxylic acids is 6.